The molecule has 0 spiro atoms. The molecule has 2 unspecified atom stereocenters. The summed E-state index contributed by atoms with van der Waals surface area (Å²) < 4.78 is 0. The number of hydrogen-bond donors (Lipinski definition) is 1. The fourth-order valence-electron chi connectivity index (χ4n) is 1.91. The first-order valence-electron chi connectivity index (χ1n) is 4.30. The molecule has 1 aliphatic heterocycles. The van der Waals surface area contributed by atoms with Crippen LogP contribution in [0.5, 0.6) is 0 Å². The van der Waals surface area contributed by atoms with E-state index in [1.807, 2.05) is 0 Å². The molecule has 1 saturated carbocycles. The number of hydrogen-bond acceptors (Lipinski definition) is 2. The Hall–Kier alpha value is -0.0800. The van der Waals surface area contributed by atoms with Crippen molar-refractivity contribution in [3.05, 3.63) is 0 Å². The number of aliphatic hydroxyl groups is 1. The minimum Gasteiger partial charge on any atom is -0.391 e. The summed E-state index contributed by atoms with van der Waals surface area (Å²) in [6.07, 6.45) is 4.78. The maximum Gasteiger partial charge on any atom is 0.0695 e. The zero-order chi connectivity index (χ0) is 6.97. The van der Waals surface area contributed by atoms with E-state index in [-0.39, 0.29) is 6.10 Å². The van der Waals surface area contributed by atoms with Gasteiger partial charge in [-0.2, -0.15) is 0 Å². The van der Waals surface area contributed by atoms with Crippen molar-refractivity contribution in [2.45, 2.75) is 37.8 Å². The summed E-state index contributed by atoms with van der Waals surface area (Å²) in [7, 11) is 0. The molecule has 0 aromatic carbocycles. The first-order chi connectivity index (χ1) is 4.88. The van der Waals surface area contributed by atoms with E-state index in [2.05, 4.69) is 4.90 Å². The molecule has 0 aromatic heterocycles. The summed E-state index contributed by atoms with van der Waals surface area (Å²) >= 11 is 0. The largest absolute Gasteiger partial charge is 0.391 e. The SMILES string of the molecule is OC1CCCCC1N1CC1. The molecule has 2 rings (SSSR count). The first kappa shape index (κ1) is 6.62. The van der Waals surface area contributed by atoms with Gasteiger partial charge in [-0.05, 0) is 12.8 Å². The lowest BCUT2D eigenvalue weighted by atomic mass is 9.93. The van der Waals surface area contributed by atoms with E-state index in [0.717, 1.165) is 6.42 Å². The molecule has 2 aliphatic rings. The molecule has 1 aliphatic carbocycles. The smallest absolute Gasteiger partial charge is 0.0695 e. The highest BCUT2D eigenvalue weighted by molar-refractivity contribution is 4.89. The van der Waals surface area contributed by atoms with Crippen LogP contribution in [0.4, 0.5) is 0 Å². The fraction of sp³-hybridized carbons (Fsp3) is 1.00. The third-order valence-corrected chi connectivity index (χ3v) is 2.64. The molecule has 2 fully saturated rings. The minimum absolute atomic E-state index is 0.0174. The van der Waals surface area contributed by atoms with Crippen molar-refractivity contribution >= 4 is 0 Å². The third-order valence-electron chi connectivity index (χ3n) is 2.64. The number of aliphatic hydroxyl groups excluding tert-OH is 1. The van der Waals surface area contributed by atoms with Crippen LogP contribution in [0, 0.1) is 0 Å². The monoisotopic (exact) mass is 141 g/mol. The number of rotatable bonds is 1. The molecule has 2 atom stereocenters. The van der Waals surface area contributed by atoms with Crippen LogP contribution >= 0.6 is 0 Å². The summed E-state index contributed by atoms with van der Waals surface area (Å²) in [5.41, 5.74) is 0. The second-order valence-corrected chi connectivity index (χ2v) is 3.46. The summed E-state index contributed by atoms with van der Waals surface area (Å²) in [6.45, 7) is 2.45. The lowest BCUT2D eigenvalue weighted by Gasteiger charge is -2.28. The Balaban J connectivity index is 1.90. The quantitative estimate of drug-likeness (QED) is 0.541. The Bertz CT molecular complexity index is 122. The van der Waals surface area contributed by atoms with Crippen LogP contribution in [-0.4, -0.2) is 35.2 Å². The second kappa shape index (κ2) is 2.51. The molecular weight excluding hydrogens is 126 g/mol. The van der Waals surface area contributed by atoms with Crippen molar-refractivity contribution in [3.63, 3.8) is 0 Å². The average Bonchev–Trinajstić information content (AvgIpc) is 2.71. The van der Waals surface area contributed by atoms with Gasteiger partial charge in [-0.15, -0.1) is 0 Å². The van der Waals surface area contributed by atoms with Gasteiger partial charge < -0.3 is 5.11 Å². The van der Waals surface area contributed by atoms with E-state index in [1.165, 1.54) is 32.4 Å². The minimum atomic E-state index is -0.0174. The molecule has 0 radical (unpaired) electrons. The Kier molecular flexibility index (Phi) is 1.66. The fourth-order valence-corrected chi connectivity index (χ4v) is 1.91. The predicted octanol–water partition coefficient (Wildman–Crippen LogP) is 0.605. The van der Waals surface area contributed by atoms with Crippen molar-refractivity contribution in [1.82, 2.24) is 4.90 Å². The van der Waals surface area contributed by atoms with Gasteiger partial charge in [0.1, 0.15) is 0 Å². The zero-order valence-corrected chi connectivity index (χ0v) is 6.29. The average molecular weight is 141 g/mol. The van der Waals surface area contributed by atoms with E-state index in [4.69, 9.17) is 0 Å². The highest BCUT2D eigenvalue weighted by Crippen LogP contribution is 2.26. The topological polar surface area (TPSA) is 23.2 Å². The molecule has 2 nitrogen and oxygen atoms in total. The summed E-state index contributed by atoms with van der Waals surface area (Å²) in [4.78, 5) is 2.38. The summed E-state index contributed by atoms with van der Waals surface area (Å²) in [6, 6.07) is 0.522. The van der Waals surface area contributed by atoms with Crippen molar-refractivity contribution in [2.75, 3.05) is 13.1 Å². The van der Waals surface area contributed by atoms with E-state index in [9.17, 15) is 5.11 Å². The van der Waals surface area contributed by atoms with Crippen molar-refractivity contribution in [3.8, 4) is 0 Å². The van der Waals surface area contributed by atoms with Crippen molar-refractivity contribution < 1.29 is 5.11 Å². The normalized spacial score (nSPS) is 41.7. The van der Waals surface area contributed by atoms with Crippen molar-refractivity contribution in [1.29, 1.82) is 0 Å². The van der Waals surface area contributed by atoms with Crippen LogP contribution in [0.3, 0.4) is 0 Å². The number of nitrogens with zero attached hydrogens (tertiary/aromatic N) is 1. The van der Waals surface area contributed by atoms with Crippen LogP contribution in [0.1, 0.15) is 25.7 Å². The predicted molar refractivity (Wildman–Crippen MR) is 39.8 cm³/mol. The molecule has 0 aromatic rings. The van der Waals surface area contributed by atoms with E-state index >= 15 is 0 Å². The Morgan fingerprint density at radius 2 is 1.80 bits per heavy atom. The van der Waals surface area contributed by atoms with Crippen LogP contribution in [0.15, 0.2) is 0 Å². The van der Waals surface area contributed by atoms with Gasteiger partial charge in [0.15, 0.2) is 0 Å². The molecule has 58 valence electrons. The molecule has 1 saturated heterocycles. The lowest BCUT2D eigenvalue weighted by molar-refractivity contribution is 0.0651. The highest BCUT2D eigenvalue weighted by Gasteiger charge is 2.33. The van der Waals surface area contributed by atoms with Crippen LogP contribution in [0.2, 0.25) is 0 Å². The first-order valence-corrected chi connectivity index (χ1v) is 4.30. The Labute approximate surface area is 61.8 Å². The highest BCUT2D eigenvalue weighted by atomic mass is 16.3. The van der Waals surface area contributed by atoms with E-state index in [0.29, 0.717) is 6.04 Å². The Morgan fingerprint density at radius 1 is 1.10 bits per heavy atom. The van der Waals surface area contributed by atoms with Gasteiger partial charge in [0.2, 0.25) is 0 Å². The van der Waals surface area contributed by atoms with Gasteiger partial charge in [0.25, 0.3) is 0 Å². The second-order valence-electron chi connectivity index (χ2n) is 3.46. The maximum atomic E-state index is 9.54. The van der Waals surface area contributed by atoms with Crippen LogP contribution < -0.4 is 0 Å². The van der Waals surface area contributed by atoms with Crippen molar-refractivity contribution in [2.24, 2.45) is 0 Å². The van der Waals surface area contributed by atoms with Crippen LogP contribution in [0.25, 0.3) is 0 Å². The molecule has 1 heterocycles. The van der Waals surface area contributed by atoms with Gasteiger partial charge in [0, 0.05) is 19.1 Å². The summed E-state index contributed by atoms with van der Waals surface area (Å²) in [5, 5.41) is 9.54. The standard InChI is InChI=1S/C8H15NO/c10-8-4-2-1-3-7(8)9-5-6-9/h7-8,10H,1-6H2. The van der Waals surface area contributed by atoms with E-state index < -0.39 is 0 Å². The van der Waals surface area contributed by atoms with Gasteiger partial charge in [-0.1, -0.05) is 12.8 Å². The van der Waals surface area contributed by atoms with Gasteiger partial charge in [0.05, 0.1) is 6.10 Å². The molecule has 1 N–H and O–H groups in total. The summed E-state index contributed by atoms with van der Waals surface area (Å²) in [5.74, 6) is 0. The van der Waals surface area contributed by atoms with Crippen LogP contribution in [-0.2, 0) is 0 Å². The van der Waals surface area contributed by atoms with Gasteiger partial charge in [-0.25, -0.2) is 0 Å². The van der Waals surface area contributed by atoms with Gasteiger partial charge in [-0.3, -0.25) is 4.90 Å². The van der Waals surface area contributed by atoms with E-state index in [1.54, 1.807) is 0 Å². The van der Waals surface area contributed by atoms with Gasteiger partial charge >= 0.3 is 0 Å². The molecule has 10 heavy (non-hydrogen) atoms. The Morgan fingerprint density at radius 3 is 2.40 bits per heavy atom. The molecular formula is C8H15NO. The molecule has 0 amide bonds. The lowest BCUT2D eigenvalue weighted by Crippen LogP contribution is -2.35. The maximum absolute atomic E-state index is 9.54. The molecule has 0 bridgehead atoms. The molecule has 2 heteroatoms. The zero-order valence-electron chi connectivity index (χ0n) is 6.29. The third kappa shape index (κ3) is 1.18.